The molecule has 0 spiro atoms. The first-order valence-electron chi connectivity index (χ1n) is 5.99. The minimum Gasteiger partial charge on any atom is -0.392 e. The van der Waals surface area contributed by atoms with Crippen molar-refractivity contribution in [1.29, 1.82) is 0 Å². The van der Waals surface area contributed by atoms with Crippen LogP contribution in [0.3, 0.4) is 0 Å². The van der Waals surface area contributed by atoms with Crippen molar-refractivity contribution in [2.45, 2.75) is 33.3 Å². The maximum Gasteiger partial charge on any atom is 0.197 e. The molecule has 18 heavy (non-hydrogen) atoms. The van der Waals surface area contributed by atoms with Crippen LogP contribution in [-0.4, -0.2) is 25.0 Å². The fourth-order valence-corrected chi connectivity index (χ4v) is 1.64. The van der Waals surface area contributed by atoms with Gasteiger partial charge in [-0.15, -0.1) is 0 Å². The molecule has 0 saturated carbocycles. The Kier molecular flexibility index (Phi) is 3.94. The molecule has 0 fully saturated rings. The topological polar surface area (TPSA) is 71.8 Å². The van der Waals surface area contributed by atoms with Gasteiger partial charge in [0.25, 0.3) is 0 Å². The quantitative estimate of drug-likeness (QED) is 0.886. The third kappa shape index (κ3) is 2.68. The van der Waals surface area contributed by atoms with Gasteiger partial charge in [-0.05, 0) is 18.9 Å². The van der Waals surface area contributed by atoms with Gasteiger partial charge in [0.15, 0.2) is 11.6 Å². The highest BCUT2D eigenvalue weighted by Crippen LogP contribution is 2.14. The fraction of sp³-hybridized carbons (Fsp3) is 0.385. The van der Waals surface area contributed by atoms with Crippen molar-refractivity contribution in [2.75, 3.05) is 0 Å². The summed E-state index contributed by atoms with van der Waals surface area (Å²) in [6.45, 7) is 3.97. The van der Waals surface area contributed by atoms with Gasteiger partial charge in [0.05, 0.1) is 12.3 Å². The summed E-state index contributed by atoms with van der Waals surface area (Å²) in [6.07, 6.45) is 6.92. The second-order valence-corrected chi connectivity index (χ2v) is 4.16. The van der Waals surface area contributed by atoms with Crippen molar-refractivity contribution in [3.63, 3.8) is 0 Å². The van der Waals surface area contributed by atoms with E-state index >= 15 is 0 Å². The molecule has 0 atom stereocenters. The highest BCUT2D eigenvalue weighted by molar-refractivity contribution is 5.43. The van der Waals surface area contributed by atoms with Crippen LogP contribution in [0, 0.1) is 6.92 Å². The maximum atomic E-state index is 9.23. The Morgan fingerprint density at radius 3 is 2.33 bits per heavy atom. The Labute approximate surface area is 106 Å². The third-order valence-corrected chi connectivity index (χ3v) is 2.59. The first kappa shape index (κ1) is 12.6. The molecule has 0 aliphatic heterocycles. The molecule has 0 unspecified atom stereocenters. The number of rotatable bonds is 4. The first-order valence-corrected chi connectivity index (χ1v) is 5.99. The summed E-state index contributed by atoms with van der Waals surface area (Å²) in [6, 6.07) is 0. The van der Waals surface area contributed by atoms with Crippen LogP contribution < -0.4 is 0 Å². The molecule has 0 aliphatic rings. The Morgan fingerprint density at radius 1 is 1.06 bits per heavy atom. The Balaban J connectivity index is 2.39. The van der Waals surface area contributed by atoms with Gasteiger partial charge in [0, 0.05) is 24.2 Å². The normalized spacial score (nSPS) is 10.6. The van der Waals surface area contributed by atoms with Gasteiger partial charge in [0.1, 0.15) is 0 Å². The van der Waals surface area contributed by atoms with E-state index in [1.165, 1.54) is 0 Å². The SMILES string of the molecule is CCCc1nc(-c2ncc(C)cn2)ncc1CO. The van der Waals surface area contributed by atoms with E-state index in [0.29, 0.717) is 11.6 Å². The molecular weight excluding hydrogens is 228 g/mol. The number of hydrogen-bond acceptors (Lipinski definition) is 5. The average molecular weight is 244 g/mol. The van der Waals surface area contributed by atoms with Gasteiger partial charge in [-0.25, -0.2) is 19.9 Å². The van der Waals surface area contributed by atoms with E-state index in [1.807, 2.05) is 6.92 Å². The lowest BCUT2D eigenvalue weighted by molar-refractivity contribution is 0.279. The van der Waals surface area contributed by atoms with Crippen LogP contribution in [-0.2, 0) is 13.0 Å². The molecule has 94 valence electrons. The minimum atomic E-state index is -0.0373. The molecule has 2 heterocycles. The number of nitrogens with zero attached hydrogens (tertiary/aromatic N) is 4. The fourth-order valence-electron chi connectivity index (χ4n) is 1.64. The first-order chi connectivity index (χ1) is 8.74. The third-order valence-electron chi connectivity index (χ3n) is 2.59. The van der Waals surface area contributed by atoms with Crippen molar-refractivity contribution < 1.29 is 5.11 Å². The Morgan fingerprint density at radius 2 is 1.72 bits per heavy atom. The zero-order valence-electron chi connectivity index (χ0n) is 10.6. The molecular formula is C13H16N4O. The molecule has 1 N–H and O–H groups in total. The van der Waals surface area contributed by atoms with E-state index in [0.717, 1.165) is 29.7 Å². The van der Waals surface area contributed by atoms with Crippen molar-refractivity contribution >= 4 is 0 Å². The second kappa shape index (κ2) is 5.64. The molecule has 0 aliphatic carbocycles. The monoisotopic (exact) mass is 244 g/mol. The summed E-state index contributed by atoms with van der Waals surface area (Å²) in [5, 5.41) is 9.23. The van der Waals surface area contributed by atoms with Crippen LogP contribution >= 0.6 is 0 Å². The number of hydrogen-bond donors (Lipinski definition) is 1. The van der Waals surface area contributed by atoms with Crippen LogP contribution in [0.1, 0.15) is 30.2 Å². The van der Waals surface area contributed by atoms with Gasteiger partial charge in [-0.1, -0.05) is 13.3 Å². The summed E-state index contributed by atoms with van der Waals surface area (Å²) in [5.41, 5.74) is 2.64. The molecule has 0 aromatic carbocycles. The van der Waals surface area contributed by atoms with E-state index in [9.17, 15) is 5.11 Å². The van der Waals surface area contributed by atoms with E-state index in [1.54, 1.807) is 18.6 Å². The van der Waals surface area contributed by atoms with Crippen LogP contribution in [0.2, 0.25) is 0 Å². The number of aliphatic hydroxyl groups excluding tert-OH is 1. The van der Waals surface area contributed by atoms with Gasteiger partial charge in [-0.2, -0.15) is 0 Å². The summed E-state index contributed by atoms with van der Waals surface area (Å²) in [7, 11) is 0. The molecule has 2 rings (SSSR count). The summed E-state index contributed by atoms with van der Waals surface area (Å²) in [4.78, 5) is 17.0. The zero-order chi connectivity index (χ0) is 13.0. The molecule has 0 bridgehead atoms. The largest absolute Gasteiger partial charge is 0.392 e. The van der Waals surface area contributed by atoms with E-state index in [-0.39, 0.29) is 6.61 Å². The van der Waals surface area contributed by atoms with Gasteiger partial charge in [-0.3, -0.25) is 0 Å². The van der Waals surface area contributed by atoms with Gasteiger partial charge in [0.2, 0.25) is 0 Å². The predicted molar refractivity (Wildman–Crippen MR) is 67.7 cm³/mol. The molecule has 2 aromatic heterocycles. The highest BCUT2D eigenvalue weighted by Gasteiger charge is 2.09. The van der Waals surface area contributed by atoms with Crippen molar-refractivity contribution in [3.8, 4) is 11.6 Å². The summed E-state index contributed by atoms with van der Waals surface area (Å²) < 4.78 is 0. The van der Waals surface area contributed by atoms with E-state index in [2.05, 4.69) is 26.9 Å². The zero-order valence-corrected chi connectivity index (χ0v) is 10.6. The van der Waals surface area contributed by atoms with Gasteiger partial charge >= 0.3 is 0 Å². The molecule has 2 aromatic rings. The number of aromatic nitrogens is 4. The lowest BCUT2D eigenvalue weighted by Gasteiger charge is -2.06. The van der Waals surface area contributed by atoms with Crippen LogP contribution in [0.4, 0.5) is 0 Å². The van der Waals surface area contributed by atoms with E-state index < -0.39 is 0 Å². The highest BCUT2D eigenvalue weighted by atomic mass is 16.3. The van der Waals surface area contributed by atoms with Crippen molar-refractivity contribution in [2.24, 2.45) is 0 Å². The van der Waals surface area contributed by atoms with Crippen molar-refractivity contribution in [1.82, 2.24) is 19.9 Å². The average Bonchev–Trinajstić information content (AvgIpc) is 2.40. The van der Waals surface area contributed by atoms with E-state index in [4.69, 9.17) is 0 Å². The lowest BCUT2D eigenvalue weighted by Crippen LogP contribution is -2.03. The maximum absolute atomic E-state index is 9.23. The Bertz CT molecular complexity index is 525. The molecule has 5 nitrogen and oxygen atoms in total. The number of aryl methyl sites for hydroxylation is 2. The molecule has 5 heteroatoms. The van der Waals surface area contributed by atoms with Crippen LogP contribution in [0.5, 0.6) is 0 Å². The molecule has 0 radical (unpaired) electrons. The van der Waals surface area contributed by atoms with Crippen molar-refractivity contribution in [3.05, 3.63) is 35.4 Å². The number of aliphatic hydroxyl groups is 1. The Hall–Kier alpha value is -1.88. The van der Waals surface area contributed by atoms with Gasteiger partial charge < -0.3 is 5.11 Å². The molecule has 0 amide bonds. The summed E-state index contributed by atoms with van der Waals surface area (Å²) in [5.74, 6) is 1.03. The second-order valence-electron chi connectivity index (χ2n) is 4.16. The van der Waals surface area contributed by atoms with Crippen LogP contribution in [0.25, 0.3) is 11.6 Å². The summed E-state index contributed by atoms with van der Waals surface area (Å²) >= 11 is 0. The smallest absolute Gasteiger partial charge is 0.197 e. The van der Waals surface area contributed by atoms with Crippen LogP contribution in [0.15, 0.2) is 18.6 Å². The lowest BCUT2D eigenvalue weighted by atomic mass is 10.1. The minimum absolute atomic E-state index is 0.0373. The molecule has 0 saturated heterocycles. The predicted octanol–water partition coefficient (Wildman–Crippen LogP) is 1.69. The standard InChI is InChI=1S/C13H16N4O/c1-3-4-11-10(8-18)7-16-13(17-11)12-14-5-9(2)6-15-12/h5-7,18H,3-4,8H2,1-2H3.